The molecule has 4 rings (SSSR count). The highest BCUT2D eigenvalue weighted by atomic mass is 32.1. The van der Waals surface area contributed by atoms with Crippen molar-refractivity contribution in [2.45, 2.75) is 32.2 Å². The summed E-state index contributed by atoms with van der Waals surface area (Å²) in [4.78, 5) is 20.2. The molecule has 130 valence electrons. The minimum atomic E-state index is -0.0629. The first-order chi connectivity index (χ1) is 12.2. The number of nitrogens with zero attached hydrogens (tertiary/aromatic N) is 3. The molecule has 5 nitrogen and oxygen atoms in total. The second-order valence-electron chi connectivity index (χ2n) is 6.43. The fourth-order valence-corrected chi connectivity index (χ4v) is 4.28. The van der Waals surface area contributed by atoms with Crippen LogP contribution in [-0.4, -0.2) is 44.5 Å². The Balaban J connectivity index is 1.67. The lowest BCUT2D eigenvalue weighted by Gasteiger charge is -2.22. The summed E-state index contributed by atoms with van der Waals surface area (Å²) >= 11 is 1.47. The van der Waals surface area contributed by atoms with Crippen LogP contribution in [0.25, 0.3) is 16.2 Å². The average Bonchev–Trinajstić information content (AvgIpc) is 3.36. The van der Waals surface area contributed by atoms with Gasteiger partial charge in [0.05, 0.1) is 18.3 Å². The summed E-state index contributed by atoms with van der Waals surface area (Å²) in [6.07, 6.45) is 4.76. The lowest BCUT2D eigenvalue weighted by atomic mass is 10.1. The highest BCUT2D eigenvalue weighted by molar-refractivity contribution is 7.15. The molecule has 1 aliphatic heterocycles. The quantitative estimate of drug-likeness (QED) is 0.782. The summed E-state index contributed by atoms with van der Waals surface area (Å²) in [5.74, 6) is -0.0203. The molecule has 25 heavy (non-hydrogen) atoms. The molecule has 1 amide bonds. The second kappa shape index (κ2) is 6.61. The van der Waals surface area contributed by atoms with E-state index in [2.05, 4.69) is 36.2 Å². The summed E-state index contributed by atoms with van der Waals surface area (Å²) in [6, 6.07) is 8.33. The van der Waals surface area contributed by atoms with Crippen molar-refractivity contribution >= 4 is 22.2 Å². The van der Waals surface area contributed by atoms with E-state index < -0.39 is 0 Å². The van der Waals surface area contributed by atoms with Crippen LogP contribution in [0.3, 0.4) is 0 Å². The van der Waals surface area contributed by atoms with E-state index in [4.69, 9.17) is 0 Å². The van der Waals surface area contributed by atoms with Crippen molar-refractivity contribution in [1.29, 1.82) is 0 Å². The van der Waals surface area contributed by atoms with Gasteiger partial charge in [0.2, 0.25) is 0 Å². The van der Waals surface area contributed by atoms with Gasteiger partial charge in [-0.15, -0.1) is 11.3 Å². The Labute approximate surface area is 150 Å². The van der Waals surface area contributed by atoms with E-state index in [1.165, 1.54) is 16.9 Å². The van der Waals surface area contributed by atoms with Gasteiger partial charge in [0, 0.05) is 23.7 Å². The summed E-state index contributed by atoms with van der Waals surface area (Å²) in [7, 11) is 0. The first-order valence-electron chi connectivity index (χ1n) is 8.69. The van der Waals surface area contributed by atoms with Crippen molar-refractivity contribution in [3.63, 3.8) is 0 Å². The highest BCUT2D eigenvalue weighted by Gasteiger charge is 2.30. The third kappa shape index (κ3) is 2.85. The summed E-state index contributed by atoms with van der Waals surface area (Å²) < 4.78 is 1.88. The van der Waals surface area contributed by atoms with Crippen molar-refractivity contribution in [2.24, 2.45) is 0 Å². The molecule has 1 saturated heterocycles. The maximum atomic E-state index is 12.9. The SMILES string of the molecule is CCc1ccc(-c2cn3c(C(=O)N4CCC[C@H]4CO)csc3n2)cc1. The number of benzene rings is 1. The maximum absolute atomic E-state index is 12.9. The van der Waals surface area contributed by atoms with E-state index in [0.717, 1.165) is 35.5 Å². The molecule has 1 aliphatic rings. The minimum absolute atomic E-state index is 0.0203. The first-order valence-corrected chi connectivity index (χ1v) is 9.57. The lowest BCUT2D eigenvalue weighted by Crippen LogP contribution is -2.38. The van der Waals surface area contributed by atoms with Gasteiger partial charge >= 0.3 is 0 Å². The zero-order chi connectivity index (χ0) is 17.4. The third-order valence-corrected chi connectivity index (χ3v) is 5.77. The number of imidazole rings is 1. The topological polar surface area (TPSA) is 57.8 Å². The van der Waals surface area contributed by atoms with Crippen LogP contribution >= 0.6 is 11.3 Å². The number of aryl methyl sites for hydroxylation is 1. The van der Waals surface area contributed by atoms with Gasteiger partial charge in [-0.25, -0.2) is 4.98 Å². The molecule has 0 saturated carbocycles. The Morgan fingerprint density at radius 2 is 2.16 bits per heavy atom. The van der Waals surface area contributed by atoms with E-state index in [-0.39, 0.29) is 18.6 Å². The second-order valence-corrected chi connectivity index (χ2v) is 7.26. The largest absolute Gasteiger partial charge is 0.394 e. The molecule has 1 N–H and O–H groups in total. The van der Waals surface area contributed by atoms with Crippen molar-refractivity contribution in [2.75, 3.05) is 13.2 Å². The Hall–Kier alpha value is -2.18. The molecule has 3 heterocycles. The molecule has 2 aromatic heterocycles. The smallest absolute Gasteiger partial charge is 0.272 e. The first kappa shape index (κ1) is 16.3. The molecule has 1 aromatic carbocycles. The molecule has 0 radical (unpaired) electrons. The normalized spacial score (nSPS) is 17.5. The molecule has 1 fully saturated rings. The van der Waals surface area contributed by atoms with Crippen LogP contribution in [-0.2, 0) is 6.42 Å². The molecule has 6 heteroatoms. The Morgan fingerprint density at radius 1 is 1.36 bits per heavy atom. The van der Waals surface area contributed by atoms with Gasteiger partial charge in [-0.3, -0.25) is 9.20 Å². The number of aromatic nitrogens is 2. The fraction of sp³-hybridized carbons (Fsp3) is 0.368. The molecule has 3 aromatic rings. The predicted molar refractivity (Wildman–Crippen MR) is 99.0 cm³/mol. The standard InChI is InChI=1S/C19H21N3O2S/c1-2-13-5-7-14(8-6-13)16-10-22-17(12-25-19(22)20-16)18(24)21-9-3-4-15(21)11-23/h5-8,10,12,15,23H,2-4,9,11H2,1H3/t15-/m0/s1. The van der Waals surface area contributed by atoms with E-state index in [1.807, 2.05) is 16.0 Å². The molecular weight excluding hydrogens is 334 g/mol. The Bertz CT molecular complexity index is 897. The number of likely N-dealkylation sites (tertiary alicyclic amines) is 1. The van der Waals surface area contributed by atoms with Crippen molar-refractivity contribution in [3.05, 3.63) is 47.1 Å². The molecule has 0 unspecified atom stereocenters. The number of aliphatic hydroxyl groups excluding tert-OH is 1. The van der Waals surface area contributed by atoms with E-state index in [9.17, 15) is 9.90 Å². The third-order valence-electron chi connectivity index (χ3n) is 4.93. The van der Waals surface area contributed by atoms with Crippen LogP contribution in [0.4, 0.5) is 0 Å². The van der Waals surface area contributed by atoms with Gasteiger partial charge in [-0.1, -0.05) is 31.2 Å². The van der Waals surface area contributed by atoms with E-state index in [1.54, 1.807) is 4.90 Å². The van der Waals surface area contributed by atoms with Crippen LogP contribution in [0.1, 0.15) is 35.8 Å². The van der Waals surface area contributed by atoms with Crippen molar-refractivity contribution < 1.29 is 9.90 Å². The zero-order valence-electron chi connectivity index (χ0n) is 14.2. The van der Waals surface area contributed by atoms with Gasteiger partial charge in [0.25, 0.3) is 5.91 Å². The molecule has 1 atom stereocenters. The lowest BCUT2D eigenvalue weighted by molar-refractivity contribution is 0.0671. The number of amides is 1. The number of hydrogen-bond acceptors (Lipinski definition) is 4. The summed E-state index contributed by atoms with van der Waals surface area (Å²) in [5, 5.41) is 11.3. The maximum Gasteiger partial charge on any atom is 0.272 e. The van der Waals surface area contributed by atoms with Gasteiger partial charge in [-0.05, 0) is 24.8 Å². The molecular formula is C19H21N3O2S. The number of carbonyl (C=O) groups excluding carboxylic acids is 1. The zero-order valence-corrected chi connectivity index (χ0v) is 15.0. The summed E-state index contributed by atoms with van der Waals surface area (Å²) in [6.45, 7) is 2.87. The monoisotopic (exact) mass is 355 g/mol. The fourth-order valence-electron chi connectivity index (χ4n) is 3.43. The van der Waals surface area contributed by atoms with Gasteiger partial charge in [-0.2, -0.15) is 0 Å². The van der Waals surface area contributed by atoms with Crippen LogP contribution < -0.4 is 0 Å². The predicted octanol–water partition coefficient (Wildman–Crippen LogP) is 3.22. The Morgan fingerprint density at radius 3 is 2.88 bits per heavy atom. The highest BCUT2D eigenvalue weighted by Crippen LogP contribution is 2.26. The van der Waals surface area contributed by atoms with Gasteiger partial charge in [0.1, 0.15) is 5.69 Å². The Kier molecular flexibility index (Phi) is 4.31. The van der Waals surface area contributed by atoms with E-state index >= 15 is 0 Å². The van der Waals surface area contributed by atoms with Crippen LogP contribution in [0.15, 0.2) is 35.8 Å². The average molecular weight is 355 g/mol. The van der Waals surface area contributed by atoms with Crippen LogP contribution in [0.2, 0.25) is 0 Å². The number of rotatable bonds is 4. The van der Waals surface area contributed by atoms with Gasteiger partial charge in [0.15, 0.2) is 4.96 Å². The summed E-state index contributed by atoms with van der Waals surface area (Å²) in [5.41, 5.74) is 3.86. The van der Waals surface area contributed by atoms with Crippen molar-refractivity contribution in [1.82, 2.24) is 14.3 Å². The molecule has 0 aliphatic carbocycles. The number of thiazole rings is 1. The van der Waals surface area contributed by atoms with E-state index in [0.29, 0.717) is 12.2 Å². The van der Waals surface area contributed by atoms with Crippen LogP contribution in [0.5, 0.6) is 0 Å². The van der Waals surface area contributed by atoms with Crippen LogP contribution in [0, 0.1) is 0 Å². The minimum Gasteiger partial charge on any atom is -0.394 e. The number of aliphatic hydroxyl groups is 1. The number of hydrogen-bond donors (Lipinski definition) is 1. The van der Waals surface area contributed by atoms with Gasteiger partial charge < -0.3 is 10.0 Å². The molecule has 0 spiro atoms. The van der Waals surface area contributed by atoms with Crippen molar-refractivity contribution in [3.8, 4) is 11.3 Å². The number of fused-ring (bicyclic) bond motifs is 1. The number of carbonyl (C=O) groups is 1. The molecule has 0 bridgehead atoms.